The van der Waals surface area contributed by atoms with Crippen molar-refractivity contribution >= 4 is 0 Å². The topological polar surface area (TPSA) is 0 Å². The van der Waals surface area contributed by atoms with Crippen LogP contribution in [-0.4, -0.2) is 0 Å². The van der Waals surface area contributed by atoms with Gasteiger partial charge < -0.3 is 0 Å². The molecule has 0 saturated heterocycles. The molecule has 0 aromatic heterocycles. The van der Waals surface area contributed by atoms with Crippen LogP contribution >= 0.6 is 0 Å². The smallest absolute Gasteiger partial charge is 0 e. The van der Waals surface area contributed by atoms with Crippen molar-refractivity contribution in [2.75, 3.05) is 0 Å². The molecule has 0 unspecified atom stereocenters. The second-order valence-electron chi connectivity index (χ2n) is 1.00. The molecule has 1 rings (SSSR count). The third kappa shape index (κ3) is 5.99. The molecule has 1 radical (unpaired) electrons. The van der Waals surface area contributed by atoms with Gasteiger partial charge in [0.25, 0.3) is 0 Å². The summed E-state index contributed by atoms with van der Waals surface area (Å²) in [6.45, 7) is 0. The Kier molecular flexibility index (Phi) is 19.7. The number of allylic oxidation sites excluding steroid dienone is 4. The standard InChI is InChI=1S/C5H5.2FH.Ir/c1-2-4-5-3-1;;;/h1-3H,4H2;2*1H;/q-1;;;. The minimum absolute atomic E-state index is 0. The van der Waals surface area contributed by atoms with Gasteiger partial charge in [-0.25, -0.2) is 12.2 Å². The van der Waals surface area contributed by atoms with E-state index in [1.54, 1.807) is 0 Å². The fraction of sp³-hybridized carbons (Fsp3) is 0.200. The molecular formula is C5H7F2Ir-. The molecule has 0 aromatic carbocycles. The van der Waals surface area contributed by atoms with Gasteiger partial charge in [0.05, 0.1) is 0 Å². The molecule has 1 aliphatic carbocycles. The molecule has 0 atom stereocenters. The number of hydrogen-bond acceptors (Lipinski definition) is 0. The van der Waals surface area contributed by atoms with Crippen molar-refractivity contribution in [3.8, 4) is 0 Å². The van der Waals surface area contributed by atoms with Gasteiger partial charge in [-0.2, -0.15) is 6.08 Å². The maximum atomic E-state index is 2.99. The van der Waals surface area contributed by atoms with Crippen LogP contribution in [0.1, 0.15) is 6.42 Å². The average molecular weight is 297 g/mol. The van der Waals surface area contributed by atoms with Gasteiger partial charge in [-0.1, -0.05) is 0 Å². The monoisotopic (exact) mass is 298 g/mol. The van der Waals surface area contributed by atoms with Crippen LogP contribution in [0.15, 0.2) is 18.2 Å². The molecule has 0 spiro atoms. The Hall–Kier alpha value is -0.0106. The maximum absolute atomic E-state index is 2.99. The normalized spacial score (nSPS) is 11.0. The van der Waals surface area contributed by atoms with Crippen molar-refractivity contribution in [2.45, 2.75) is 6.42 Å². The van der Waals surface area contributed by atoms with Crippen LogP contribution in [0.3, 0.4) is 0 Å². The van der Waals surface area contributed by atoms with Crippen LogP contribution < -0.4 is 0 Å². The Morgan fingerprint density at radius 2 is 1.88 bits per heavy atom. The Morgan fingerprint density at radius 1 is 1.25 bits per heavy atom. The van der Waals surface area contributed by atoms with E-state index in [2.05, 4.69) is 12.2 Å². The first-order valence-electron chi connectivity index (χ1n) is 1.72. The summed E-state index contributed by atoms with van der Waals surface area (Å²) in [4.78, 5) is 0. The minimum Gasteiger partial charge on any atom is -0.273 e. The molecule has 0 nitrogen and oxygen atoms in total. The Balaban J connectivity index is -0.0000000833. The summed E-state index contributed by atoms with van der Waals surface area (Å²) < 4.78 is 0. The maximum Gasteiger partial charge on any atom is 0 e. The summed E-state index contributed by atoms with van der Waals surface area (Å²) in [6, 6.07) is 0. The molecule has 1 aliphatic rings. The zero-order valence-corrected chi connectivity index (χ0v) is 6.48. The van der Waals surface area contributed by atoms with Crippen molar-refractivity contribution in [3.05, 3.63) is 24.3 Å². The van der Waals surface area contributed by atoms with Crippen LogP contribution in [-0.2, 0) is 20.1 Å². The number of hydrogen-bond donors (Lipinski definition) is 0. The first-order chi connectivity index (χ1) is 2.50. The molecule has 0 saturated carbocycles. The molecule has 0 amide bonds. The van der Waals surface area contributed by atoms with Crippen molar-refractivity contribution in [1.29, 1.82) is 0 Å². The van der Waals surface area contributed by atoms with E-state index in [4.69, 9.17) is 0 Å². The molecule has 0 aromatic rings. The summed E-state index contributed by atoms with van der Waals surface area (Å²) in [5.41, 5.74) is 0. The quantitative estimate of drug-likeness (QED) is 0.596. The third-order valence-electron chi connectivity index (χ3n) is 0.586. The van der Waals surface area contributed by atoms with Crippen LogP contribution in [0.2, 0.25) is 0 Å². The molecule has 8 heavy (non-hydrogen) atoms. The first kappa shape index (κ1) is 15.7. The summed E-state index contributed by atoms with van der Waals surface area (Å²) in [6.07, 6.45) is 10.0. The van der Waals surface area contributed by atoms with Gasteiger partial charge in [-0.05, 0) is 0 Å². The van der Waals surface area contributed by atoms with Gasteiger partial charge in [-0.15, -0.1) is 6.42 Å². The van der Waals surface area contributed by atoms with E-state index in [1.807, 2.05) is 12.2 Å². The van der Waals surface area contributed by atoms with Crippen molar-refractivity contribution in [3.63, 3.8) is 0 Å². The molecule has 0 fully saturated rings. The summed E-state index contributed by atoms with van der Waals surface area (Å²) in [7, 11) is 0. The Labute approximate surface area is 60.7 Å². The van der Waals surface area contributed by atoms with E-state index in [-0.39, 0.29) is 29.5 Å². The van der Waals surface area contributed by atoms with Crippen molar-refractivity contribution in [2.24, 2.45) is 0 Å². The van der Waals surface area contributed by atoms with Gasteiger partial charge in [0.15, 0.2) is 0 Å². The molecular weight excluding hydrogens is 290 g/mol. The van der Waals surface area contributed by atoms with Gasteiger partial charge in [0.2, 0.25) is 0 Å². The van der Waals surface area contributed by atoms with Crippen LogP contribution in [0.4, 0.5) is 9.41 Å². The van der Waals surface area contributed by atoms with Gasteiger partial charge in [-0.3, -0.25) is 15.5 Å². The predicted molar refractivity (Wildman–Crippen MR) is 26.6 cm³/mol. The van der Waals surface area contributed by atoms with Gasteiger partial charge in [0.1, 0.15) is 0 Å². The van der Waals surface area contributed by atoms with Gasteiger partial charge >= 0.3 is 0 Å². The minimum atomic E-state index is 0. The molecule has 0 aliphatic heterocycles. The van der Waals surface area contributed by atoms with E-state index in [9.17, 15) is 0 Å². The molecule has 51 valence electrons. The van der Waals surface area contributed by atoms with Crippen LogP contribution in [0.25, 0.3) is 0 Å². The fourth-order valence-corrected chi connectivity index (χ4v) is 0.340. The molecule has 0 heterocycles. The SMILES string of the molecule is F.F.[C-]1=CC=CC1.[Ir]. The fourth-order valence-electron chi connectivity index (χ4n) is 0.340. The third-order valence-corrected chi connectivity index (χ3v) is 0.586. The number of rotatable bonds is 0. The van der Waals surface area contributed by atoms with Crippen LogP contribution in [0, 0.1) is 6.08 Å². The van der Waals surface area contributed by atoms with E-state index in [1.165, 1.54) is 0 Å². The summed E-state index contributed by atoms with van der Waals surface area (Å²) in [5, 5.41) is 0. The summed E-state index contributed by atoms with van der Waals surface area (Å²) >= 11 is 0. The Bertz CT molecular complexity index is 68.5. The second kappa shape index (κ2) is 10.1. The molecule has 0 N–H and O–H groups in total. The summed E-state index contributed by atoms with van der Waals surface area (Å²) in [5.74, 6) is 0. The zero-order valence-electron chi connectivity index (χ0n) is 4.09. The molecule has 0 bridgehead atoms. The van der Waals surface area contributed by atoms with E-state index in [0.717, 1.165) is 6.42 Å². The second-order valence-corrected chi connectivity index (χ2v) is 1.00. The number of halogens is 2. The van der Waals surface area contributed by atoms with E-state index in [0.29, 0.717) is 0 Å². The van der Waals surface area contributed by atoms with E-state index >= 15 is 0 Å². The predicted octanol–water partition coefficient (Wildman–Crippen LogP) is 1.61. The van der Waals surface area contributed by atoms with Crippen LogP contribution in [0.5, 0.6) is 0 Å². The van der Waals surface area contributed by atoms with E-state index < -0.39 is 0 Å². The molecule has 3 heteroatoms. The first-order valence-corrected chi connectivity index (χ1v) is 1.72. The Morgan fingerprint density at radius 3 is 2.00 bits per heavy atom. The zero-order chi connectivity index (χ0) is 3.54. The van der Waals surface area contributed by atoms with Crippen molar-refractivity contribution in [1.82, 2.24) is 0 Å². The average Bonchev–Trinajstić information content (AvgIpc) is 1.76. The van der Waals surface area contributed by atoms with Crippen molar-refractivity contribution < 1.29 is 29.5 Å². The van der Waals surface area contributed by atoms with Gasteiger partial charge in [0, 0.05) is 20.1 Å². The largest absolute Gasteiger partial charge is 0.273 e.